The van der Waals surface area contributed by atoms with Crippen molar-refractivity contribution in [1.29, 1.82) is 0 Å². The summed E-state index contributed by atoms with van der Waals surface area (Å²) in [6.45, 7) is 1.86. The molecular weight excluding hydrogens is 232 g/mol. The highest BCUT2D eigenvalue weighted by Gasteiger charge is 1.99. The predicted octanol–water partition coefficient (Wildman–Crippen LogP) is 0.861. The third kappa shape index (κ3) is 7.01. The molecule has 0 aliphatic heterocycles. The van der Waals surface area contributed by atoms with Crippen molar-refractivity contribution >= 4 is 5.91 Å². The van der Waals surface area contributed by atoms with E-state index in [1.54, 1.807) is 7.11 Å². The summed E-state index contributed by atoms with van der Waals surface area (Å²) in [5.74, 6) is -0.0841. The molecule has 0 radical (unpaired) electrons. The number of benzene rings is 1. The van der Waals surface area contributed by atoms with Crippen LogP contribution in [-0.4, -0.2) is 32.7 Å². The molecule has 1 aromatic rings. The van der Waals surface area contributed by atoms with Crippen LogP contribution in [0.25, 0.3) is 0 Å². The number of hydroxylamine groups is 1. The lowest BCUT2D eigenvalue weighted by Crippen LogP contribution is -2.34. The van der Waals surface area contributed by atoms with Crippen LogP contribution in [0.15, 0.2) is 30.3 Å². The summed E-state index contributed by atoms with van der Waals surface area (Å²) in [6.07, 6.45) is 0.813. The lowest BCUT2D eigenvalue weighted by atomic mass is 10.2. The first-order valence-corrected chi connectivity index (χ1v) is 5.97. The molecular formula is C13H20N2O3. The zero-order valence-electron chi connectivity index (χ0n) is 10.6. The third-order valence-electron chi connectivity index (χ3n) is 2.26. The fraction of sp³-hybridized carbons (Fsp3) is 0.462. The molecule has 0 bridgehead atoms. The molecule has 0 aromatic heterocycles. The highest BCUT2D eigenvalue weighted by molar-refractivity contribution is 5.77. The maximum atomic E-state index is 11.3. The summed E-state index contributed by atoms with van der Waals surface area (Å²) < 4.78 is 4.88. The van der Waals surface area contributed by atoms with Gasteiger partial charge in [-0.05, 0) is 12.0 Å². The van der Waals surface area contributed by atoms with Crippen LogP contribution < -0.4 is 10.8 Å². The van der Waals surface area contributed by atoms with E-state index in [9.17, 15) is 4.79 Å². The summed E-state index contributed by atoms with van der Waals surface area (Å²) >= 11 is 0. The average Bonchev–Trinajstić information content (AvgIpc) is 2.41. The van der Waals surface area contributed by atoms with E-state index in [4.69, 9.17) is 9.57 Å². The molecule has 1 aromatic carbocycles. The standard InChI is InChI=1S/C13H20N2O3/c1-17-9-5-8-14-13(16)10-15-18-11-12-6-3-2-4-7-12/h2-4,6-7,15H,5,8-11H2,1H3,(H,14,16). The van der Waals surface area contributed by atoms with Crippen LogP contribution in [0.5, 0.6) is 0 Å². The van der Waals surface area contributed by atoms with Crippen molar-refractivity contribution < 1.29 is 14.4 Å². The SMILES string of the molecule is COCCCNC(=O)CNOCc1ccccc1. The molecule has 1 rings (SSSR count). The monoisotopic (exact) mass is 252 g/mol. The van der Waals surface area contributed by atoms with Crippen molar-refractivity contribution in [2.45, 2.75) is 13.0 Å². The first-order chi connectivity index (χ1) is 8.83. The number of hydrogen-bond acceptors (Lipinski definition) is 4. The number of methoxy groups -OCH3 is 1. The number of amides is 1. The van der Waals surface area contributed by atoms with Gasteiger partial charge in [-0.15, -0.1) is 0 Å². The fourth-order valence-corrected chi connectivity index (χ4v) is 1.33. The van der Waals surface area contributed by atoms with Gasteiger partial charge in [-0.25, -0.2) is 0 Å². The van der Waals surface area contributed by atoms with Gasteiger partial charge < -0.3 is 10.1 Å². The Morgan fingerprint density at radius 3 is 2.78 bits per heavy atom. The first kappa shape index (κ1) is 14.6. The number of ether oxygens (including phenoxy) is 1. The highest BCUT2D eigenvalue weighted by atomic mass is 16.6. The molecule has 100 valence electrons. The molecule has 0 saturated carbocycles. The van der Waals surface area contributed by atoms with Gasteiger partial charge >= 0.3 is 0 Å². The maximum absolute atomic E-state index is 11.3. The van der Waals surface area contributed by atoms with E-state index < -0.39 is 0 Å². The Kier molecular flexibility index (Phi) is 7.79. The van der Waals surface area contributed by atoms with E-state index in [1.807, 2.05) is 30.3 Å². The molecule has 0 heterocycles. The van der Waals surface area contributed by atoms with E-state index in [-0.39, 0.29) is 12.5 Å². The minimum absolute atomic E-state index is 0.0841. The second-order valence-electron chi connectivity index (χ2n) is 3.79. The van der Waals surface area contributed by atoms with E-state index in [2.05, 4.69) is 10.8 Å². The molecule has 0 aliphatic rings. The lowest BCUT2D eigenvalue weighted by Gasteiger charge is -2.07. The smallest absolute Gasteiger partial charge is 0.236 e. The second kappa shape index (κ2) is 9.58. The van der Waals surface area contributed by atoms with E-state index in [0.29, 0.717) is 19.8 Å². The highest BCUT2D eigenvalue weighted by Crippen LogP contribution is 1.98. The second-order valence-corrected chi connectivity index (χ2v) is 3.79. The number of rotatable bonds is 9. The molecule has 0 unspecified atom stereocenters. The Labute approximate surface area is 107 Å². The molecule has 5 nitrogen and oxygen atoms in total. The Balaban J connectivity index is 1.99. The topological polar surface area (TPSA) is 59.6 Å². The van der Waals surface area contributed by atoms with Crippen LogP contribution in [0, 0.1) is 0 Å². The molecule has 0 spiro atoms. The van der Waals surface area contributed by atoms with Gasteiger partial charge in [0.1, 0.15) is 0 Å². The van der Waals surface area contributed by atoms with Crippen LogP contribution >= 0.6 is 0 Å². The van der Waals surface area contributed by atoms with Crippen molar-refractivity contribution in [2.24, 2.45) is 0 Å². The van der Waals surface area contributed by atoms with Gasteiger partial charge in [-0.1, -0.05) is 30.3 Å². The Bertz CT molecular complexity index is 330. The zero-order chi connectivity index (χ0) is 13.1. The first-order valence-electron chi connectivity index (χ1n) is 5.97. The summed E-state index contributed by atoms with van der Waals surface area (Å²) in [4.78, 5) is 16.5. The molecule has 0 fully saturated rings. The van der Waals surface area contributed by atoms with Crippen molar-refractivity contribution in [1.82, 2.24) is 10.8 Å². The van der Waals surface area contributed by atoms with Gasteiger partial charge in [-0.2, -0.15) is 5.48 Å². The Morgan fingerprint density at radius 2 is 2.06 bits per heavy atom. The van der Waals surface area contributed by atoms with Gasteiger partial charge in [0.05, 0.1) is 13.2 Å². The number of carbonyl (C=O) groups is 1. The quantitative estimate of drug-likeness (QED) is 0.505. The molecule has 5 heteroatoms. The summed E-state index contributed by atoms with van der Waals surface area (Å²) in [5, 5.41) is 2.75. The summed E-state index contributed by atoms with van der Waals surface area (Å²) in [6, 6.07) is 9.77. The van der Waals surface area contributed by atoms with Crippen LogP contribution in [0.3, 0.4) is 0 Å². The summed E-state index contributed by atoms with van der Waals surface area (Å²) in [7, 11) is 1.64. The average molecular weight is 252 g/mol. The van der Waals surface area contributed by atoms with E-state index >= 15 is 0 Å². The van der Waals surface area contributed by atoms with Gasteiger partial charge in [0.2, 0.25) is 5.91 Å². The van der Waals surface area contributed by atoms with Gasteiger partial charge in [0.15, 0.2) is 0 Å². The number of nitrogens with one attached hydrogen (secondary N) is 2. The van der Waals surface area contributed by atoms with Crippen molar-refractivity contribution in [3.05, 3.63) is 35.9 Å². The Morgan fingerprint density at radius 1 is 1.28 bits per heavy atom. The van der Waals surface area contributed by atoms with Gasteiger partial charge in [-0.3, -0.25) is 9.63 Å². The van der Waals surface area contributed by atoms with Crippen molar-refractivity contribution in [3.8, 4) is 0 Å². The Hall–Kier alpha value is -1.43. The minimum atomic E-state index is -0.0841. The van der Waals surface area contributed by atoms with Gasteiger partial charge in [0, 0.05) is 20.3 Å². The maximum Gasteiger partial charge on any atom is 0.236 e. The number of hydrogen-bond donors (Lipinski definition) is 2. The zero-order valence-corrected chi connectivity index (χ0v) is 10.6. The van der Waals surface area contributed by atoms with E-state index in [1.165, 1.54) is 0 Å². The molecule has 0 saturated heterocycles. The van der Waals surface area contributed by atoms with Crippen LogP contribution in [0.1, 0.15) is 12.0 Å². The van der Waals surface area contributed by atoms with Crippen molar-refractivity contribution in [3.63, 3.8) is 0 Å². The molecule has 18 heavy (non-hydrogen) atoms. The number of carbonyl (C=O) groups excluding carboxylic acids is 1. The molecule has 1 amide bonds. The minimum Gasteiger partial charge on any atom is -0.385 e. The van der Waals surface area contributed by atoms with Crippen LogP contribution in [0.2, 0.25) is 0 Å². The molecule has 0 aliphatic carbocycles. The lowest BCUT2D eigenvalue weighted by molar-refractivity contribution is -0.123. The van der Waals surface area contributed by atoms with Gasteiger partial charge in [0.25, 0.3) is 0 Å². The normalized spacial score (nSPS) is 10.3. The molecule has 2 N–H and O–H groups in total. The molecule has 0 atom stereocenters. The van der Waals surface area contributed by atoms with E-state index in [0.717, 1.165) is 12.0 Å². The third-order valence-corrected chi connectivity index (χ3v) is 2.26. The van der Waals surface area contributed by atoms with Crippen LogP contribution in [0.4, 0.5) is 0 Å². The fourth-order valence-electron chi connectivity index (χ4n) is 1.33. The van der Waals surface area contributed by atoms with Crippen LogP contribution in [-0.2, 0) is 21.0 Å². The van der Waals surface area contributed by atoms with Crippen molar-refractivity contribution in [2.75, 3.05) is 26.8 Å². The largest absolute Gasteiger partial charge is 0.385 e. The summed E-state index contributed by atoms with van der Waals surface area (Å²) in [5.41, 5.74) is 3.69. The predicted molar refractivity (Wildman–Crippen MR) is 68.7 cm³/mol.